The molecule has 0 saturated heterocycles. The lowest BCUT2D eigenvalue weighted by atomic mass is 10.2. The van der Waals surface area contributed by atoms with Crippen LogP contribution < -0.4 is 0 Å². The third-order valence-corrected chi connectivity index (χ3v) is 2.32. The molecule has 2 heterocycles. The number of hydrogen-bond donors (Lipinski definition) is 0. The predicted octanol–water partition coefficient (Wildman–Crippen LogP) is 3.78. The van der Waals surface area contributed by atoms with Gasteiger partial charge in [0.05, 0.1) is 0 Å². The molecule has 14 heavy (non-hydrogen) atoms. The second-order valence-corrected chi connectivity index (χ2v) is 3.49. The van der Waals surface area contributed by atoms with E-state index in [0.29, 0.717) is 0 Å². The van der Waals surface area contributed by atoms with Crippen LogP contribution in [0.2, 0.25) is 0 Å². The van der Waals surface area contributed by atoms with Crippen molar-refractivity contribution >= 4 is 17.4 Å². The van der Waals surface area contributed by atoms with E-state index in [1.54, 1.807) is 17.5 Å². The summed E-state index contributed by atoms with van der Waals surface area (Å²) < 4.78 is 0. The van der Waals surface area contributed by atoms with E-state index in [0.717, 1.165) is 11.3 Å². The maximum Gasteiger partial charge on any atom is 0.0444 e. The second kappa shape index (κ2) is 6.11. The van der Waals surface area contributed by atoms with Crippen LogP contribution in [-0.2, 0) is 0 Å². The summed E-state index contributed by atoms with van der Waals surface area (Å²) in [6, 6.07) is 7.94. The molecule has 0 fully saturated rings. The van der Waals surface area contributed by atoms with Gasteiger partial charge in [0.2, 0.25) is 0 Å². The van der Waals surface area contributed by atoms with Crippen LogP contribution in [0, 0.1) is 6.92 Å². The van der Waals surface area contributed by atoms with E-state index < -0.39 is 0 Å². The van der Waals surface area contributed by atoms with Gasteiger partial charge in [0.25, 0.3) is 0 Å². The highest BCUT2D eigenvalue weighted by Gasteiger charge is 1.88. The van der Waals surface area contributed by atoms with Crippen molar-refractivity contribution in [1.29, 1.82) is 0 Å². The number of pyridine rings is 1. The molecule has 0 spiro atoms. The largest absolute Gasteiger partial charge is 0.261 e. The summed E-state index contributed by atoms with van der Waals surface area (Å²) >= 11 is 1.71. The van der Waals surface area contributed by atoms with Crippen molar-refractivity contribution in [3.8, 4) is 0 Å². The summed E-state index contributed by atoms with van der Waals surface area (Å²) in [5.74, 6) is 0. The minimum atomic E-state index is 1.03. The van der Waals surface area contributed by atoms with Gasteiger partial charge in [-0.25, -0.2) is 0 Å². The Morgan fingerprint density at radius 1 is 1.29 bits per heavy atom. The van der Waals surface area contributed by atoms with Crippen LogP contribution in [-0.4, -0.2) is 4.98 Å². The van der Waals surface area contributed by atoms with Crippen LogP contribution in [0.5, 0.6) is 0 Å². The van der Waals surface area contributed by atoms with Crippen molar-refractivity contribution in [2.24, 2.45) is 0 Å². The highest BCUT2D eigenvalue weighted by atomic mass is 32.1. The third-order valence-electron chi connectivity index (χ3n) is 1.69. The Hall–Kier alpha value is -1.41. The first-order valence-electron chi connectivity index (χ1n) is 4.36. The number of rotatable bonds is 1. The van der Waals surface area contributed by atoms with Gasteiger partial charge in [-0.15, -0.1) is 0 Å². The van der Waals surface area contributed by atoms with Crippen LogP contribution in [0.3, 0.4) is 0 Å². The fraction of sp³-hybridized carbons (Fsp3) is 0.0833. The Morgan fingerprint density at radius 3 is 2.36 bits per heavy atom. The fourth-order valence-electron chi connectivity index (χ4n) is 0.939. The Bertz CT molecular complexity index is 348. The molecule has 72 valence electrons. The van der Waals surface area contributed by atoms with Gasteiger partial charge in [0.15, 0.2) is 0 Å². The first-order chi connectivity index (χ1) is 6.84. The maximum atomic E-state index is 4.08. The molecule has 0 radical (unpaired) electrons. The van der Waals surface area contributed by atoms with Gasteiger partial charge in [0.1, 0.15) is 0 Å². The van der Waals surface area contributed by atoms with Crippen molar-refractivity contribution in [1.82, 2.24) is 4.98 Å². The first kappa shape index (κ1) is 10.7. The Balaban J connectivity index is 0.000000165. The lowest BCUT2D eigenvalue weighted by Crippen LogP contribution is -1.82. The molecule has 2 aromatic heterocycles. The predicted molar refractivity (Wildman–Crippen MR) is 63.4 cm³/mol. The van der Waals surface area contributed by atoms with Crippen LogP contribution in [0.4, 0.5) is 0 Å². The topological polar surface area (TPSA) is 12.9 Å². The van der Waals surface area contributed by atoms with Gasteiger partial charge in [-0.3, -0.25) is 4.98 Å². The van der Waals surface area contributed by atoms with E-state index in [9.17, 15) is 0 Å². The number of aromatic nitrogens is 1. The summed E-state index contributed by atoms with van der Waals surface area (Å²) in [7, 11) is 0. The molecule has 2 heteroatoms. The van der Waals surface area contributed by atoms with E-state index in [2.05, 4.69) is 11.6 Å². The van der Waals surface area contributed by atoms with Gasteiger partial charge >= 0.3 is 0 Å². The van der Waals surface area contributed by atoms with Gasteiger partial charge in [0, 0.05) is 11.9 Å². The lowest BCUT2D eigenvalue weighted by molar-refractivity contribution is 1.19. The average Bonchev–Trinajstić information content (AvgIpc) is 2.76. The minimum Gasteiger partial charge on any atom is -0.261 e. The molecule has 0 bridgehead atoms. The van der Waals surface area contributed by atoms with E-state index >= 15 is 0 Å². The first-order valence-corrected chi connectivity index (χ1v) is 5.30. The van der Waals surface area contributed by atoms with Crippen LogP contribution in [0.1, 0.15) is 11.3 Å². The molecule has 0 aliphatic rings. The van der Waals surface area contributed by atoms with E-state index in [1.807, 2.05) is 48.0 Å². The zero-order valence-corrected chi connectivity index (χ0v) is 9.00. The average molecular weight is 203 g/mol. The third kappa shape index (κ3) is 3.54. The van der Waals surface area contributed by atoms with Gasteiger partial charge < -0.3 is 0 Å². The Kier molecular flexibility index (Phi) is 4.65. The molecule has 2 rings (SSSR count). The van der Waals surface area contributed by atoms with Crippen LogP contribution in [0.25, 0.3) is 6.08 Å². The molecule has 0 saturated carbocycles. The monoisotopic (exact) mass is 203 g/mol. The van der Waals surface area contributed by atoms with Crippen molar-refractivity contribution in [3.63, 3.8) is 0 Å². The summed E-state index contributed by atoms with van der Waals surface area (Å²) in [4.78, 5) is 4.08. The molecule has 0 aliphatic heterocycles. The Morgan fingerprint density at radius 2 is 2.00 bits per heavy atom. The van der Waals surface area contributed by atoms with Crippen molar-refractivity contribution in [2.45, 2.75) is 6.92 Å². The number of nitrogens with zero attached hydrogens (tertiary/aromatic N) is 1. The summed E-state index contributed by atoms with van der Waals surface area (Å²) in [6.45, 7) is 5.62. The lowest BCUT2D eigenvalue weighted by Gasteiger charge is -1.94. The molecule has 0 N–H and O–H groups in total. The molecule has 0 atom stereocenters. The van der Waals surface area contributed by atoms with Gasteiger partial charge in [-0.1, -0.05) is 30.9 Å². The molecule has 1 nitrogen and oxygen atoms in total. The van der Waals surface area contributed by atoms with E-state index in [1.165, 1.54) is 0 Å². The number of aryl methyl sites for hydroxylation is 1. The van der Waals surface area contributed by atoms with Gasteiger partial charge in [-0.05, 0) is 29.3 Å². The maximum absolute atomic E-state index is 4.08. The quantitative estimate of drug-likeness (QED) is 0.687. The SMILES string of the molecule is C=Cc1cccnc1C.c1ccsc1. The molecule has 0 aliphatic carbocycles. The fourth-order valence-corrected chi connectivity index (χ4v) is 1.39. The highest BCUT2D eigenvalue weighted by molar-refractivity contribution is 7.07. The van der Waals surface area contributed by atoms with Crippen molar-refractivity contribution < 1.29 is 0 Å². The Labute approximate surface area is 88.8 Å². The minimum absolute atomic E-state index is 1.03. The second-order valence-electron chi connectivity index (χ2n) is 2.68. The van der Waals surface area contributed by atoms with Crippen molar-refractivity contribution in [2.75, 3.05) is 0 Å². The molecule has 2 aromatic rings. The smallest absolute Gasteiger partial charge is 0.0444 e. The van der Waals surface area contributed by atoms with Crippen molar-refractivity contribution in [3.05, 3.63) is 59.1 Å². The molecule has 0 aromatic carbocycles. The summed E-state index contributed by atoms with van der Waals surface area (Å²) in [6.07, 6.45) is 3.59. The van der Waals surface area contributed by atoms with E-state index in [-0.39, 0.29) is 0 Å². The number of thiophene rings is 1. The zero-order valence-electron chi connectivity index (χ0n) is 8.18. The zero-order chi connectivity index (χ0) is 10.2. The van der Waals surface area contributed by atoms with Crippen LogP contribution in [0.15, 0.2) is 47.8 Å². The normalized spacial score (nSPS) is 8.64. The molecule has 0 amide bonds. The number of hydrogen-bond acceptors (Lipinski definition) is 2. The standard InChI is InChI=1S/C8H9N.C4H4S/c1-3-8-5-4-6-9-7(8)2;1-2-4-5-3-1/h3-6H,1H2,2H3;1-4H. The van der Waals surface area contributed by atoms with Crippen LogP contribution >= 0.6 is 11.3 Å². The van der Waals surface area contributed by atoms with Gasteiger partial charge in [-0.2, -0.15) is 11.3 Å². The van der Waals surface area contributed by atoms with E-state index in [4.69, 9.17) is 0 Å². The molecule has 0 unspecified atom stereocenters. The molecular weight excluding hydrogens is 190 g/mol. The highest BCUT2D eigenvalue weighted by Crippen LogP contribution is 2.03. The molecular formula is C12H13NS. The summed E-state index contributed by atoms with van der Waals surface area (Å²) in [5, 5.41) is 4.08. The summed E-state index contributed by atoms with van der Waals surface area (Å²) in [5.41, 5.74) is 2.14.